The van der Waals surface area contributed by atoms with Crippen LogP contribution in [0, 0.1) is 6.92 Å². The number of alkyl halides is 6. The predicted octanol–water partition coefficient (Wildman–Crippen LogP) is 3.74. The van der Waals surface area contributed by atoms with Gasteiger partial charge in [-0.2, -0.15) is 26.3 Å². The van der Waals surface area contributed by atoms with Crippen LogP contribution in [0.3, 0.4) is 0 Å². The molecule has 0 atom stereocenters. The van der Waals surface area contributed by atoms with E-state index in [0.717, 1.165) is 6.92 Å². The van der Waals surface area contributed by atoms with Crippen LogP contribution in [0.5, 0.6) is 5.75 Å². The summed E-state index contributed by atoms with van der Waals surface area (Å²) >= 11 is 0. The lowest BCUT2D eigenvalue weighted by molar-refractivity contribution is -0.162. The second kappa shape index (κ2) is 3.57. The van der Waals surface area contributed by atoms with Crippen LogP contribution >= 0.6 is 0 Å². The Kier molecular flexibility index (Phi) is 2.82. The smallest absolute Gasteiger partial charge is 0.417 e. The fourth-order valence-electron chi connectivity index (χ4n) is 1.37. The second-order valence-corrected chi connectivity index (χ2v) is 3.18. The molecule has 1 nitrogen and oxygen atoms in total. The Hall–Kier alpha value is -1.40. The summed E-state index contributed by atoms with van der Waals surface area (Å²) in [5, 5.41) is 8.88. The molecule has 0 saturated heterocycles. The van der Waals surface area contributed by atoms with E-state index in [2.05, 4.69) is 0 Å². The lowest BCUT2D eigenvalue weighted by Gasteiger charge is -2.17. The molecule has 1 rings (SSSR count). The maximum absolute atomic E-state index is 12.4. The van der Waals surface area contributed by atoms with E-state index in [1.54, 1.807) is 0 Å². The van der Waals surface area contributed by atoms with Crippen LogP contribution < -0.4 is 0 Å². The summed E-state index contributed by atoms with van der Waals surface area (Å²) in [5.74, 6) is -0.849. The van der Waals surface area contributed by atoms with Crippen molar-refractivity contribution >= 4 is 0 Å². The lowest BCUT2D eigenvalue weighted by Crippen LogP contribution is -2.18. The molecule has 0 unspecified atom stereocenters. The normalized spacial score (nSPS) is 12.9. The van der Waals surface area contributed by atoms with Crippen molar-refractivity contribution in [1.29, 1.82) is 0 Å². The van der Waals surface area contributed by atoms with E-state index in [0.29, 0.717) is 6.07 Å². The van der Waals surface area contributed by atoms with Crippen LogP contribution in [0.15, 0.2) is 12.1 Å². The maximum atomic E-state index is 12.4. The summed E-state index contributed by atoms with van der Waals surface area (Å²) in [5.41, 5.74) is -4.31. The van der Waals surface area contributed by atoms with E-state index < -0.39 is 34.8 Å². The molecular formula is C9H6F6O. The summed E-state index contributed by atoms with van der Waals surface area (Å²) in [7, 11) is 0. The molecule has 1 aromatic rings. The van der Waals surface area contributed by atoms with E-state index >= 15 is 0 Å². The van der Waals surface area contributed by atoms with Crippen molar-refractivity contribution < 1.29 is 31.4 Å². The molecule has 0 aromatic heterocycles. The Labute approximate surface area is 86.3 Å². The number of aryl methyl sites for hydroxylation is 1. The molecule has 90 valence electrons. The number of hydrogen-bond donors (Lipinski definition) is 1. The van der Waals surface area contributed by atoms with E-state index in [-0.39, 0.29) is 6.07 Å². The third-order valence-electron chi connectivity index (χ3n) is 1.91. The highest BCUT2D eigenvalue weighted by Crippen LogP contribution is 2.43. The highest BCUT2D eigenvalue weighted by atomic mass is 19.4. The van der Waals surface area contributed by atoms with Crippen LogP contribution in [0.25, 0.3) is 0 Å². The average Bonchev–Trinajstić information content (AvgIpc) is 1.97. The zero-order chi connectivity index (χ0) is 12.7. The minimum atomic E-state index is -5.16. The van der Waals surface area contributed by atoms with E-state index in [1.807, 2.05) is 0 Å². The Balaban J connectivity index is 3.58. The second-order valence-electron chi connectivity index (χ2n) is 3.18. The van der Waals surface area contributed by atoms with Crippen LogP contribution in [0.2, 0.25) is 0 Å². The van der Waals surface area contributed by atoms with Crippen molar-refractivity contribution in [1.82, 2.24) is 0 Å². The first kappa shape index (κ1) is 12.7. The third-order valence-corrected chi connectivity index (χ3v) is 1.91. The molecule has 0 aliphatic heterocycles. The van der Waals surface area contributed by atoms with Gasteiger partial charge in [-0.3, -0.25) is 0 Å². The van der Waals surface area contributed by atoms with Gasteiger partial charge in [-0.1, -0.05) is 0 Å². The fraction of sp³-hybridized carbons (Fsp3) is 0.333. The van der Waals surface area contributed by atoms with Crippen LogP contribution in [-0.4, -0.2) is 5.11 Å². The van der Waals surface area contributed by atoms with Gasteiger partial charge < -0.3 is 5.11 Å². The van der Waals surface area contributed by atoms with Gasteiger partial charge in [0.25, 0.3) is 0 Å². The van der Waals surface area contributed by atoms with E-state index in [1.165, 1.54) is 0 Å². The molecule has 0 saturated carbocycles. The monoisotopic (exact) mass is 244 g/mol. The van der Waals surface area contributed by atoms with Gasteiger partial charge in [0, 0.05) is 0 Å². The average molecular weight is 244 g/mol. The molecule has 0 heterocycles. The van der Waals surface area contributed by atoms with Crippen molar-refractivity contribution in [2.24, 2.45) is 0 Å². The first-order valence-electron chi connectivity index (χ1n) is 4.01. The topological polar surface area (TPSA) is 20.2 Å². The number of phenolic OH excluding ortho intramolecular Hbond substituents is 1. The summed E-state index contributed by atoms with van der Waals surface area (Å²) in [6, 6.07) is 0.702. The van der Waals surface area contributed by atoms with Crippen LogP contribution in [0.4, 0.5) is 26.3 Å². The van der Waals surface area contributed by atoms with Crippen LogP contribution in [0.1, 0.15) is 16.7 Å². The Morgan fingerprint density at radius 2 is 1.44 bits per heavy atom. The zero-order valence-electron chi connectivity index (χ0n) is 7.87. The number of hydrogen-bond acceptors (Lipinski definition) is 1. The summed E-state index contributed by atoms with van der Waals surface area (Å²) in [4.78, 5) is 0. The quantitative estimate of drug-likeness (QED) is 0.689. The summed E-state index contributed by atoms with van der Waals surface area (Å²) < 4.78 is 74.2. The molecule has 0 spiro atoms. The zero-order valence-corrected chi connectivity index (χ0v) is 7.87. The minimum Gasteiger partial charge on any atom is -0.508 e. The van der Waals surface area contributed by atoms with E-state index in [9.17, 15) is 26.3 Å². The van der Waals surface area contributed by atoms with Crippen molar-refractivity contribution in [3.8, 4) is 5.75 Å². The van der Waals surface area contributed by atoms with Crippen LogP contribution in [-0.2, 0) is 12.4 Å². The largest absolute Gasteiger partial charge is 0.508 e. The molecule has 0 fully saturated rings. The first-order chi connectivity index (χ1) is 7.03. The molecule has 1 N–H and O–H groups in total. The fourth-order valence-corrected chi connectivity index (χ4v) is 1.37. The van der Waals surface area contributed by atoms with Crippen molar-refractivity contribution in [2.45, 2.75) is 19.3 Å². The molecule has 0 bridgehead atoms. The standard InChI is InChI=1S/C9H6F6O/c1-4-2-5(16)3-6(8(10,11)12)7(4)9(13,14)15/h2-3,16H,1H3. The van der Waals surface area contributed by atoms with Gasteiger partial charge in [0.1, 0.15) is 5.75 Å². The van der Waals surface area contributed by atoms with Gasteiger partial charge in [0.05, 0.1) is 11.1 Å². The summed E-state index contributed by atoms with van der Waals surface area (Å²) in [6.45, 7) is 0.859. The maximum Gasteiger partial charge on any atom is 0.417 e. The van der Waals surface area contributed by atoms with Gasteiger partial charge >= 0.3 is 12.4 Å². The third kappa shape index (κ3) is 2.40. The molecule has 0 radical (unpaired) electrons. The molecule has 16 heavy (non-hydrogen) atoms. The molecular weight excluding hydrogens is 238 g/mol. The number of phenols is 1. The Morgan fingerprint density at radius 1 is 0.938 bits per heavy atom. The number of aromatic hydroxyl groups is 1. The van der Waals surface area contributed by atoms with Gasteiger partial charge in [0.15, 0.2) is 0 Å². The van der Waals surface area contributed by atoms with Gasteiger partial charge in [-0.25, -0.2) is 0 Å². The number of benzene rings is 1. The molecule has 1 aromatic carbocycles. The Bertz CT molecular complexity index is 404. The highest BCUT2D eigenvalue weighted by Gasteiger charge is 2.44. The van der Waals surface area contributed by atoms with Crippen molar-refractivity contribution in [3.63, 3.8) is 0 Å². The van der Waals surface area contributed by atoms with E-state index in [4.69, 9.17) is 5.11 Å². The number of halogens is 6. The molecule has 7 heteroatoms. The van der Waals surface area contributed by atoms with Crippen molar-refractivity contribution in [3.05, 3.63) is 28.8 Å². The predicted molar refractivity (Wildman–Crippen MR) is 42.8 cm³/mol. The first-order valence-corrected chi connectivity index (χ1v) is 4.01. The van der Waals surface area contributed by atoms with Crippen molar-refractivity contribution in [2.75, 3.05) is 0 Å². The Morgan fingerprint density at radius 3 is 1.81 bits per heavy atom. The van der Waals surface area contributed by atoms with Gasteiger partial charge in [-0.05, 0) is 24.6 Å². The minimum absolute atomic E-state index is 0.0653. The number of rotatable bonds is 0. The molecule has 0 aliphatic rings. The molecule has 0 aliphatic carbocycles. The molecule has 0 amide bonds. The SMILES string of the molecule is Cc1cc(O)cc(C(F)(F)F)c1C(F)(F)F. The summed E-state index contributed by atoms with van der Waals surface area (Å²) in [6.07, 6.45) is -10.3. The van der Waals surface area contributed by atoms with Gasteiger partial charge in [0.2, 0.25) is 0 Å². The lowest BCUT2D eigenvalue weighted by atomic mass is 10.0. The highest BCUT2D eigenvalue weighted by molar-refractivity contribution is 5.44. The van der Waals surface area contributed by atoms with Gasteiger partial charge in [-0.15, -0.1) is 0 Å².